The molecule has 0 radical (unpaired) electrons. The number of nitrogens with one attached hydrogen (secondary N) is 1. The summed E-state index contributed by atoms with van der Waals surface area (Å²) < 4.78 is 7.17. The first-order valence-electron chi connectivity index (χ1n) is 10.9. The van der Waals surface area contributed by atoms with Gasteiger partial charge in [0.05, 0.1) is 23.9 Å². The number of pyridine rings is 1. The summed E-state index contributed by atoms with van der Waals surface area (Å²) in [6.07, 6.45) is 0.933. The number of fused-ring (bicyclic) bond motifs is 1. The van der Waals surface area contributed by atoms with Crippen LogP contribution in [0.25, 0.3) is 11.0 Å². The number of benzene rings is 2. The van der Waals surface area contributed by atoms with Crippen LogP contribution in [0.1, 0.15) is 23.2 Å². The first kappa shape index (κ1) is 22.3. The van der Waals surface area contributed by atoms with E-state index < -0.39 is 0 Å². The van der Waals surface area contributed by atoms with E-state index in [1.54, 1.807) is 11.8 Å². The van der Waals surface area contributed by atoms with Gasteiger partial charge in [0, 0.05) is 31.9 Å². The zero-order valence-corrected chi connectivity index (χ0v) is 19.7. The third-order valence-electron chi connectivity index (χ3n) is 6.00. The number of methoxy groups -OCH3 is 1. The van der Waals surface area contributed by atoms with E-state index in [2.05, 4.69) is 15.3 Å². The lowest BCUT2D eigenvalue weighted by molar-refractivity contribution is -0.116. The predicted octanol–water partition coefficient (Wildman–Crippen LogP) is 4.93. The standard InChI is InChI=1S/C26H29N5O2/c1-17-20(18(2)27-25-24(17)26(33-5)29-31(25)4)15-16-23(32)28-21-13-9-10-14-22(21)30(3)19-11-7-6-8-12-19/h6-14H,15-16H2,1-5H3,(H,28,32). The molecule has 7 nitrogen and oxygen atoms in total. The van der Waals surface area contributed by atoms with Gasteiger partial charge in [-0.05, 0) is 55.7 Å². The molecule has 0 aliphatic rings. The summed E-state index contributed by atoms with van der Waals surface area (Å²) in [5, 5.41) is 8.39. The number of amides is 1. The highest BCUT2D eigenvalue weighted by molar-refractivity contribution is 5.95. The van der Waals surface area contributed by atoms with Crippen molar-refractivity contribution in [1.82, 2.24) is 14.8 Å². The average Bonchev–Trinajstić information content (AvgIpc) is 3.14. The van der Waals surface area contributed by atoms with Gasteiger partial charge >= 0.3 is 0 Å². The molecule has 2 aromatic carbocycles. The second-order valence-corrected chi connectivity index (χ2v) is 8.09. The third kappa shape index (κ3) is 4.39. The second kappa shape index (κ2) is 9.32. The van der Waals surface area contributed by atoms with Gasteiger partial charge in [-0.3, -0.25) is 4.79 Å². The maximum atomic E-state index is 12.9. The molecule has 170 valence electrons. The highest BCUT2D eigenvalue weighted by atomic mass is 16.5. The Hall–Kier alpha value is -3.87. The molecule has 0 atom stereocenters. The lowest BCUT2D eigenvalue weighted by atomic mass is 10.00. The fraction of sp³-hybridized carbons (Fsp3) is 0.269. The molecular weight excluding hydrogens is 414 g/mol. The van der Waals surface area contributed by atoms with Crippen molar-refractivity contribution in [2.24, 2.45) is 7.05 Å². The number of carbonyl (C=O) groups excluding carboxylic acids is 1. The van der Waals surface area contributed by atoms with Crippen molar-refractivity contribution in [2.45, 2.75) is 26.7 Å². The minimum absolute atomic E-state index is 0.0408. The molecule has 33 heavy (non-hydrogen) atoms. The van der Waals surface area contributed by atoms with Gasteiger partial charge in [0.2, 0.25) is 11.8 Å². The van der Waals surface area contributed by atoms with Crippen LogP contribution in [0.2, 0.25) is 0 Å². The number of hydrogen-bond acceptors (Lipinski definition) is 5. The fourth-order valence-electron chi connectivity index (χ4n) is 4.22. The molecule has 1 N–H and O–H groups in total. The number of carbonyl (C=O) groups is 1. The van der Waals surface area contributed by atoms with Crippen LogP contribution in [0.5, 0.6) is 5.88 Å². The van der Waals surface area contributed by atoms with E-state index in [-0.39, 0.29) is 5.91 Å². The zero-order valence-electron chi connectivity index (χ0n) is 19.7. The number of anilines is 3. The van der Waals surface area contributed by atoms with Crippen LogP contribution in [0.3, 0.4) is 0 Å². The lowest BCUT2D eigenvalue weighted by Crippen LogP contribution is -2.17. The van der Waals surface area contributed by atoms with Gasteiger partial charge in [0.15, 0.2) is 5.65 Å². The number of ether oxygens (including phenoxy) is 1. The molecule has 0 saturated heterocycles. The van der Waals surface area contributed by atoms with Crippen molar-refractivity contribution in [3.05, 3.63) is 71.4 Å². The summed E-state index contributed by atoms with van der Waals surface area (Å²) in [5.74, 6) is 0.516. The topological polar surface area (TPSA) is 72.3 Å². The number of para-hydroxylation sites is 3. The van der Waals surface area contributed by atoms with Crippen molar-refractivity contribution in [3.8, 4) is 5.88 Å². The molecule has 0 saturated carbocycles. The van der Waals surface area contributed by atoms with Crippen molar-refractivity contribution in [3.63, 3.8) is 0 Å². The molecule has 4 rings (SSSR count). The van der Waals surface area contributed by atoms with E-state index in [4.69, 9.17) is 9.72 Å². The van der Waals surface area contributed by atoms with Gasteiger partial charge in [0.25, 0.3) is 0 Å². The van der Waals surface area contributed by atoms with Crippen molar-refractivity contribution in [1.29, 1.82) is 0 Å². The number of hydrogen-bond donors (Lipinski definition) is 1. The number of rotatable bonds is 7. The van der Waals surface area contributed by atoms with E-state index in [1.165, 1.54) is 0 Å². The molecule has 0 aliphatic heterocycles. The second-order valence-electron chi connectivity index (χ2n) is 8.09. The third-order valence-corrected chi connectivity index (χ3v) is 6.00. The Bertz CT molecular complexity index is 1300. The molecule has 0 fully saturated rings. The molecule has 7 heteroatoms. The van der Waals surface area contributed by atoms with Crippen LogP contribution in [-0.2, 0) is 18.3 Å². The normalized spacial score (nSPS) is 10.9. The Kier molecular flexibility index (Phi) is 6.31. The first-order chi connectivity index (χ1) is 15.9. The van der Waals surface area contributed by atoms with E-state index in [0.29, 0.717) is 18.7 Å². The Morgan fingerprint density at radius 2 is 1.79 bits per heavy atom. The smallest absolute Gasteiger partial charge is 0.242 e. The Labute approximate surface area is 194 Å². The lowest BCUT2D eigenvalue weighted by Gasteiger charge is -2.23. The van der Waals surface area contributed by atoms with Crippen LogP contribution < -0.4 is 15.0 Å². The van der Waals surface area contributed by atoms with Crippen LogP contribution in [0.4, 0.5) is 17.1 Å². The Balaban J connectivity index is 1.53. The molecule has 4 aromatic rings. The van der Waals surface area contributed by atoms with Crippen LogP contribution in [0.15, 0.2) is 54.6 Å². The first-order valence-corrected chi connectivity index (χ1v) is 10.9. The molecule has 1 amide bonds. The number of aromatic nitrogens is 3. The maximum Gasteiger partial charge on any atom is 0.242 e. The van der Waals surface area contributed by atoms with Gasteiger partial charge in [-0.1, -0.05) is 30.3 Å². The van der Waals surface area contributed by atoms with Crippen molar-refractivity contribution < 1.29 is 9.53 Å². The average molecular weight is 444 g/mol. The number of nitrogens with zero attached hydrogens (tertiary/aromatic N) is 4. The SMILES string of the molecule is COc1nn(C)c2nc(C)c(CCC(=O)Nc3ccccc3N(C)c3ccccc3)c(C)c12. The zero-order chi connectivity index (χ0) is 23.5. The van der Waals surface area contributed by atoms with Crippen LogP contribution >= 0.6 is 0 Å². The Morgan fingerprint density at radius 3 is 2.52 bits per heavy atom. The Morgan fingerprint density at radius 1 is 1.09 bits per heavy atom. The van der Waals surface area contributed by atoms with Gasteiger partial charge in [-0.2, -0.15) is 0 Å². The largest absolute Gasteiger partial charge is 0.479 e. The van der Waals surface area contributed by atoms with Gasteiger partial charge < -0.3 is 15.0 Å². The van der Waals surface area contributed by atoms with Crippen LogP contribution in [-0.4, -0.2) is 34.8 Å². The van der Waals surface area contributed by atoms with Crippen molar-refractivity contribution >= 4 is 34.0 Å². The van der Waals surface area contributed by atoms with E-state index in [1.807, 2.05) is 82.5 Å². The summed E-state index contributed by atoms with van der Waals surface area (Å²) in [4.78, 5) is 19.7. The maximum absolute atomic E-state index is 12.9. The minimum Gasteiger partial charge on any atom is -0.479 e. The summed E-state index contributed by atoms with van der Waals surface area (Å²) >= 11 is 0. The molecule has 2 heterocycles. The molecule has 2 aromatic heterocycles. The van der Waals surface area contributed by atoms with E-state index in [0.717, 1.165) is 44.9 Å². The molecule has 0 spiro atoms. The molecule has 0 bridgehead atoms. The molecular formula is C26H29N5O2. The monoisotopic (exact) mass is 443 g/mol. The number of aryl methyl sites for hydroxylation is 3. The minimum atomic E-state index is -0.0408. The van der Waals surface area contributed by atoms with Crippen LogP contribution in [0, 0.1) is 13.8 Å². The highest BCUT2D eigenvalue weighted by Gasteiger charge is 2.19. The van der Waals surface area contributed by atoms with E-state index in [9.17, 15) is 4.79 Å². The van der Waals surface area contributed by atoms with E-state index >= 15 is 0 Å². The molecule has 0 unspecified atom stereocenters. The fourth-order valence-corrected chi connectivity index (χ4v) is 4.22. The van der Waals surface area contributed by atoms with Gasteiger partial charge in [-0.15, -0.1) is 5.10 Å². The molecule has 0 aliphatic carbocycles. The predicted molar refractivity (Wildman–Crippen MR) is 132 cm³/mol. The highest BCUT2D eigenvalue weighted by Crippen LogP contribution is 2.32. The van der Waals surface area contributed by atoms with Crippen molar-refractivity contribution in [2.75, 3.05) is 24.4 Å². The summed E-state index contributed by atoms with van der Waals surface area (Å²) in [5.41, 5.74) is 6.57. The van der Waals surface area contributed by atoms with Gasteiger partial charge in [-0.25, -0.2) is 9.67 Å². The quantitative estimate of drug-likeness (QED) is 0.438. The summed E-state index contributed by atoms with van der Waals surface area (Å²) in [6, 6.07) is 17.9. The van der Waals surface area contributed by atoms with Gasteiger partial charge in [0.1, 0.15) is 0 Å². The summed E-state index contributed by atoms with van der Waals surface area (Å²) in [6.45, 7) is 4.02. The summed E-state index contributed by atoms with van der Waals surface area (Å²) in [7, 11) is 5.46.